The van der Waals surface area contributed by atoms with Gasteiger partial charge in [0, 0.05) is 68.0 Å². The quantitative estimate of drug-likeness (QED) is 0.493. The number of hydrogen-bond acceptors (Lipinski definition) is 5. The van der Waals surface area contributed by atoms with Crippen LogP contribution < -0.4 is 10.2 Å². The number of carbonyl (C=O) groups excluding carboxylic acids is 1. The molecule has 0 aliphatic carbocycles. The number of halogens is 1. The summed E-state index contributed by atoms with van der Waals surface area (Å²) in [5.41, 5.74) is 3.74. The molecule has 4 rings (SSSR count). The largest absolute Gasteiger partial charge is 0.382 e. The van der Waals surface area contributed by atoms with Gasteiger partial charge in [0.2, 0.25) is 5.91 Å². The molecule has 5 nitrogen and oxygen atoms in total. The summed E-state index contributed by atoms with van der Waals surface area (Å²) in [5, 5.41) is 4.42. The van der Waals surface area contributed by atoms with Gasteiger partial charge in [-0.3, -0.25) is 9.69 Å². The van der Waals surface area contributed by atoms with Crippen molar-refractivity contribution in [2.75, 3.05) is 62.3 Å². The number of amides is 1. The van der Waals surface area contributed by atoms with E-state index in [0.717, 1.165) is 80.7 Å². The fraction of sp³-hybridized carbons (Fsp3) is 0.519. The Labute approximate surface area is 213 Å². The van der Waals surface area contributed by atoms with Gasteiger partial charge in [-0.05, 0) is 69.3 Å². The topological polar surface area (TPSA) is 38.8 Å². The minimum Gasteiger partial charge on any atom is -0.382 e. The van der Waals surface area contributed by atoms with Crippen LogP contribution in [-0.2, 0) is 4.79 Å². The fourth-order valence-electron chi connectivity index (χ4n) is 4.86. The molecule has 0 saturated carbocycles. The second-order valence-corrected chi connectivity index (χ2v) is 10.7. The summed E-state index contributed by atoms with van der Waals surface area (Å²) in [4.78, 5) is 20.9. The summed E-state index contributed by atoms with van der Waals surface area (Å²) >= 11 is 7.89. The second kappa shape index (κ2) is 12.2. The van der Waals surface area contributed by atoms with E-state index >= 15 is 0 Å². The molecular formula is C27H37ClN4OS. The number of aryl methyl sites for hydroxylation is 1. The molecule has 0 atom stereocenters. The van der Waals surface area contributed by atoms with Crippen molar-refractivity contribution in [1.82, 2.24) is 9.80 Å². The number of likely N-dealkylation sites (tertiary alicyclic amines) is 1. The molecule has 0 aromatic heterocycles. The number of piperidine rings is 1. The molecule has 184 valence electrons. The van der Waals surface area contributed by atoms with Crippen LogP contribution in [0.4, 0.5) is 11.4 Å². The lowest BCUT2D eigenvalue weighted by atomic mass is 10.0. The zero-order chi connectivity index (χ0) is 23.9. The third-order valence-corrected chi connectivity index (χ3v) is 8.23. The number of nitrogens with zero attached hydrogens (tertiary/aromatic N) is 3. The van der Waals surface area contributed by atoms with Crippen LogP contribution in [0.1, 0.15) is 31.2 Å². The molecule has 2 aromatic carbocycles. The van der Waals surface area contributed by atoms with Crippen molar-refractivity contribution in [2.45, 2.75) is 43.5 Å². The molecule has 0 spiro atoms. The van der Waals surface area contributed by atoms with Crippen LogP contribution in [0, 0.1) is 6.92 Å². The number of anilines is 2. The summed E-state index contributed by atoms with van der Waals surface area (Å²) in [6, 6.07) is 15.3. The van der Waals surface area contributed by atoms with E-state index < -0.39 is 0 Å². The molecule has 2 aromatic rings. The second-order valence-electron chi connectivity index (χ2n) is 9.42. The number of hydrogen-bond donors (Lipinski definition) is 1. The van der Waals surface area contributed by atoms with Crippen molar-refractivity contribution in [3.05, 3.63) is 53.1 Å². The van der Waals surface area contributed by atoms with Crippen molar-refractivity contribution in [3.8, 4) is 0 Å². The first-order valence-electron chi connectivity index (χ1n) is 12.4. The van der Waals surface area contributed by atoms with Crippen LogP contribution in [0.25, 0.3) is 0 Å². The molecule has 34 heavy (non-hydrogen) atoms. The predicted octanol–water partition coefficient (Wildman–Crippen LogP) is 5.38. The number of piperazine rings is 1. The monoisotopic (exact) mass is 500 g/mol. The molecule has 2 saturated heterocycles. The summed E-state index contributed by atoms with van der Waals surface area (Å²) < 4.78 is 0. The van der Waals surface area contributed by atoms with Crippen LogP contribution in [0.15, 0.2) is 47.4 Å². The van der Waals surface area contributed by atoms with Gasteiger partial charge >= 0.3 is 0 Å². The van der Waals surface area contributed by atoms with E-state index in [0.29, 0.717) is 18.4 Å². The van der Waals surface area contributed by atoms with Crippen molar-refractivity contribution in [1.29, 1.82) is 0 Å². The third-order valence-electron chi connectivity index (χ3n) is 7.01. The number of nitrogens with one attached hydrogen (secondary N) is 1. The number of benzene rings is 2. The average Bonchev–Trinajstić information content (AvgIpc) is 2.86. The summed E-state index contributed by atoms with van der Waals surface area (Å²) in [6.07, 6.45) is 5.63. The Morgan fingerprint density at radius 2 is 1.74 bits per heavy atom. The van der Waals surface area contributed by atoms with Crippen LogP contribution in [0.5, 0.6) is 0 Å². The van der Waals surface area contributed by atoms with Gasteiger partial charge < -0.3 is 15.1 Å². The molecule has 2 heterocycles. The first-order valence-corrected chi connectivity index (χ1v) is 14.0. The minimum atomic E-state index is 0.313. The molecule has 2 fully saturated rings. The number of carbonyl (C=O) groups is 1. The van der Waals surface area contributed by atoms with Gasteiger partial charge in [-0.1, -0.05) is 29.3 Å². The first kappa shape index (κ1) is 25.2. The molecule has 0 bridgehead atoms. The molecule has 1 amide bonds. The van der Waals surface area contributed by atoms with Crippen LogP contribution in [0.3, 0.4) is 0 Å². The molecule has 0 unspecified atom stereocenters. The van der Waals surface area contributed by atoms with Crippen LogP contribution in [-0.4, -0.2) is 73.8 Å². The standard InChI is InChI=1S/C27H37ClN4OS/c1-21-5-8-24(9-6-21)31-18-16-30(17-19-31)13-3-4-27(33)32-14-11-22(12-15-32)29-23-7-10-25(28)26(20-23)34-2/h5-10,20,22,29H,3-4,11-19H2,1-2H3. The minimum absolute atomic E-state index is 0.313. The third kappa shape index (κ3) is 6.83. The average molecular weight is 501 g/mol. The molecular weight excluding hydrogens is 464 g/mol. The smallest absolute Gasteiger partial charge is 0.222 e. The lowest BCUT2D eigenvalue weighted by Crippen LogP contribution is -2.47. The Balaban J connectivity index is 1.12. The van der Waals surface area contributed by atoms with Gasteiger partial charge in [0.1, 0.15) is 0 Å². The van der Waals surface area contributed by atoms with Gasteiger partial charge in [-0.2, -0.15) is 0 Å². The van der Waals surface area contributed by atoms with Gasteiger partial charge in [-0.25, -0.2) is 0 Å². The van der Waals surface area contributed by atoms with Gasteiger partial charge in [0.15, 0.2) is 0 Å². The lowest BCUT2D eigenvalue weighted by molar-refractivity contribution is -0.132. The van der Waals surface area contributed by atoms with E-state index in [-0.39, 0.29) is 0 Å². The van der Waals surface area contributed by atoms with Gasteiger partial charge in [0.25, 0.3) is 0 Å². The van der Waals surface area contributed by atoms with Crippen LogP contribution in [0.2, 0.25) is 5.02 Å². The lowest BCUT2D eigenvalue weighted by Gasteiger charge is -2.36. The van der Waals surface area contributed by atoms with Crippen molar-refractivity contribution >= 4 is 40.6 Å². The summed E-state index contributed by atoms with van der Waals surface area (Å²) in [6.45, 7) is 9.09. The molecule has 2 aliphatic rings. The Kier molecular flexibility index (Phi) is 9.04. The maximum Gasteiger partial charge on any atom is 0.222 e. The van der Waals surface area contributed by atoms with Crippen LogP contribution >= 0.6 is 23.4 Å². The molecule has 7 heteroatoms. The maximum atomic E-state index is 12.8. The maximum absolute atomic E-state index is 12.8. The summed E-state index contributed by atoms with van der Waals surface area (Å²) in [7, 11) is 0. The number of thioether (sulfide) groups is 1. The van der Waals surface area contributed by atoms with E-state index in [4.69, 9.17) is 11.6 Å². The van der Waals surface area contributed by atoms with Crippen molar-refractivity contribution in [2.24, 2.45) is 0 Å². The normalized spacial score (nSPS) is 17.7. The van der Waals surface area contributed by atoms with E-state index in [9.17, 15) is 4.79 Å². The van der Waals surface area contributed by atoms with E-state index in [1.54, 1.807) is 11.8 Å². The highest BCUT2D eigenvalue weighted by atomic mass is 35.5. The Morgan fingerprint density at radius 3 is 2.41 bits per heavy atom. The fourth-order valence-corrected chi connectivity index (χ4v) is 5.71. The highest BCUT2D eigenvalue weighted by molar-refractivity contribution is 7.98. The molecule has 1 N–H and O–H groups in total. The molecule has 2 aliphatic heterocycles. The van der Waals surface area contributed by atoms with E-state index in [1.807, 2.05) is 18.4 Å². The number of rotatable bonds is 8. The SMILES string of the molecule is CSc1cc(NC2CCN(C(=O)CCCN3CCN(c4ccc(C)cc4)CC3)CC2)ccc1Cl. The van der Waals surface area contributed by atoms with Crippen molar-refractivity contribution in [3.63, 3.8) is 0 Å². The van der Waals surface area contributed by atoms with E-state index in [1.165, 1.54) is 11.3 Å². The highest BCUT2D eigenvalue weighted by Gasteiger charge is 2.23. The summed E-state index contributed by atoms with van der Waals surface area (Å²) in [5.74, 6) is 0.313. The predicted molar refractivity (Wildman–Crippen MR) is 146 cm³/mol. The van der Waals surface area contributed by atoms with E-state index in [2.05, 4.69) is 57.3 Å². The Morgan fingerprint density at radius 1 is 1.03 bits per heavy atom. The zero-order valence-electron chi connectivity index (χ0n) is 20.4. The Hall–Kier alpha value is -1.89. The zero-order valence-corrected chi connectivity index (χ0v) is 22.0. The van der Waals surface area contributed by atoms with Gasteiger partial charge in [-0.15, -0.1) is 11.8 Å². The highest BCUT2D eigenvalue weighted by Crippen LogP contribution is 2.29. The Bertz CT molecular complexity index is 938. The first-order chi connectivity index (χ1) is 16.5. The van der Waals surface area contributed by atoms with Gasteiger partial charge in [0.05, 0.1) is 5.02 Å². The molecule has 0 radical (unpaired) electrons. The van der Waals surface area contributed by atoms with Crippen molar-refractivity contribution < 1.29 is 4.79 Å².